The number of benzene rings is 1. The summed E-state index contributed by atoms with van der Waals surface area (Å²) in [6.45, 7) is 2.98. The second kappa shape index (κ2) is 6.15. The van der Waals surface area contributed by atoms with Crippen molar-refractivity contribution in [2.24, 2.45) is 5.73 Å². The average molecular weight is 258 g/mol. The summed E-state index contributed by atoms with van der Waals surface area (Å²) in [5.41, 5.74) is 9.21. The van der Waals surface area contributed by atoms with Crippen LogP contribution in [0, 0.1) is 6.92 Å². The Bertz CT molecular complexity index is 562. The number of amides is 1. The number of carbonyl (C=O) groups excluding carboxylic acids is 1. The van der Waals surface area contributed by atoms with Crippen molar-refractivity contribution in [3.63, 3.8) is 0 Å². The smallest absolute Gasteiger partial charge is 0.251 e. The molecule has 0 atom stereocenters. The monoisotopic (exact) mass is 258 g/mol. The van der Waals surface area contributed by atoms with Crippen LogP contribution in [0.15, 0.2) is 30.5 Å². The van der Waals surface area contributed by atoms with Gasteiger partial charge in [0, 0.05) is 23.4 Å². The van der Waals surface area contributed by atoms with Gasteiger partial charge in [0.15, 0.2) is 0 Å². The van der Waals surface area contributed by atoms with E-state index in [1.165, 1.54) is 0 Å². The molecule has 5 heteroatoms. The number of aromatic amines is 1. The Labute approximate surface area is 112 Å². The van der Waals surface area contributed by atoms with Crippen LogP contribution in [0.25, 0.3) is 0 Å². The van der Waals surface area contributed by atoms with Gasteiger partial charge in [-0.05, 0) is 37.6 Å². The summed E-state index contributed by atoms with van der Waals surface area (Å²) in [6, 6.07) is 7.54. The fraction of sp³-hybridized carbons (Fsp3) is 0.286. The number of hydrogen-bond acceptors (Lipinski definition) is 3. The van der Waals surface area contributed by atoms with Gasteiger partial charge in [0.1, 0.15) is 0 Å². The van der Waals surface area contributed by atoms with Crippen LogP contribution in [0.1, 0.15) is 27.2 Å². The van der Waals surface area contributed by atoms with E-state index in [2.05, 4.69) is 15.5 Å². The quantitative estimate of drug-likeness (QED) is 0.752. The molecule has 2 rings (SSSR count). The van der Waals surface area contributed by atoms with Crippen LogP contribution < -0.4 is 11.1 Å². The third-order valence-corrected chi connectivity index (χ3v) is 3.00. The number of carbonyl (C=O) groups is 1. The van der Waals surface area contributed by atoms with Gasteiger partial charge in [0.2, 0.25) is 0 Å². The first-order valence-corrected chi connectivity index (χ1v) is 6.26. The fourth-order valence-electron chi connectivity index (χ4n) is 1.87. The highest BCUT2D eigenvalue weighted by Crippen LogP contribution is 2.07. The Morgan fingerprint density at radius 1 is 1.47 bits per heavy atom. The molecule has 5 nitrogen and oxygen atoms in total. The van der Waals surface area contributed by atoms with Crippen molar-refractivity contribution >= 4 is 5.91 Å². The first kappa shape index (κ1) is 13.3. The Balaban J connectivity index is 2.00. The number of nitrogens with two attached hydrogens (primary N) is 1. The van der Waals surface area contributed by atoms with Gasteiger partial charge in [-0.25, -0.2) is 0 Å². The number of aryl methyl sites for hydroxylation is 1. The number of nitrogens with zero attached hydrogens (tertiary/aromatic N) is 1. The molecule has 19 heavy (non-hydrogen) atoms. The van der Waals surface area contributed by atoms with Crippen molar-refractivity contribution in [3.05, 3.63) is 52.8 Å². The van der Waals surface area contributed by atoms with Crippen molar-refractivity contribution in [1.29, 1.82) is 0 Å². The zero-order valence-electron chi connectivity index (χ0n) is 10.9. The molecule has 0 unspecified atom stereocenters. The van der Waals surface area contributed by atoms with Gasteiger partial charge in [-0.3, -0.25) is 9.89 Å². The minimum absolute atomic E-state index is 0.0838. The summed E-state index contributed by atoms with van der Waals surface area (Å²) in [6.07, 6.45) is 2.50. The molecule has 4 N–H and O–H groups in total. The van der Waals surface area contributed by atoms with E-state index in [9.17, 15) is 4.79 Å². The number of aromatic nitrogens is 2. The standard InChI is InChI=1S/C14H18N4O/c1-10-13(9-17-18-10)8-16-14(19)12-4-2-3-11(7-12)5-6-15/h2-4,7,9H,5-6,8,15H2,1H3,(H,16,19)(H,17,18). The van der Waals surface area contributed by atoms with Crippen LogP contribution in [-0.4, -0.2) is 22.6 Å². The number of H-pyrrole nitrogens is 1. The van der Waals surface area contributed by atoms with Crippen LogP contribution in [0.2, 0.25) is 0 Å². The Morgan fingerprint density at radius 2 is 2.32 bits per heavy atom. The summed E-state index contributed by atoms with van der Waals surface area (Å²) in [5, 5.41) is 9.64. The summed E-state index contributed by atoms with van der Waals surface area (Å²) >= 11 is 0. The summed E-state index contributed by atoms with van der Waals surface area (Å²) < 4.78 is 0. The van der Waals surface area contributed by atoms with E-state index < -0.39 is 0 Å². The normalized spacial score (nSPS) is 10.4. The van der Waals surface area contributed by atoms with Crippen LogP contribution in [0.5, 0.6) is 0 Å². The van der Waals surface area contributed by atoms with Gasteiger partial charge in [-0.1, -0.05) is 12.1 Å². The maximum Gasteiger partial charge on any atom is 0.251 e. The van der Waals surface area contributed by atoms with E-state index in [1.54, 1.807) is 12.3 Å². The molecule has 0 spiro atoms. The van der Waals surface area contributed by atoms with Crippen LogP contribution in [0.4, 0.5) is 0 Å². The summed E-state index contributed by atoms with van der Waals surface area (Å²) in [7, 11) is 0. The zero-order chi connectivity index (χ0) is 13.7. The molecule has 0 saturated heterocycles. The van der Waals surface area contributed by atoms with Crippen LogP contribution >= 0.6 is 0 Å². The van der Waals surface area contributed by atoms with Crippen molar-refractivity contribution in [2.75, 3.05) is 6.54 Å². The molecule has 2 aromatic rings. The fourth-order valence-corrected chi connectivity index (χ4v) is 1.87. The summed E-state index contributed by atoms with van der Waals surface area (Å²) in [5.74, 6) is -0.0838. The van der Waals surface area contributed by atoms with E-state index in [0.29, 0.717) is 18.7 Å². The maximum atomic E-state index is 12.0. The van der Waals surface area contributed by atoms with E-state index >= 15 is 0 Å². The van der Waals surface area contributed by atoms with Gasteiger partial charge in [-0.2, -0.15) is 5.10 Å². The van der Waals surface area contributed by atoms with Crippen molar-refractivity contribution in [1.82, 2.24) is 15.5 Å². The molecular formula is C14H18N4O. The second-order valence-electron chi connectivity index (χ2n) is 4.44. The molecule has 0 aliphatic carbocycles. The lowest BCUT2D eigenvalue weighted by atomic mass is 10.1. The summed E-state index contributed by atoms with van der Waals surface area (Å²) in [4.78, 5) is 12.0. The van der Waals surface area contributed by atoms with Gasteiger partial charge in [-0.15, -0.1) is 0 Å². The molecule has 0 radical (unpaired) electrons. The molecule has 0 saturated carbocycles. The highest BCUT2D eigenvalue weighted by Gasteiger charge is 2.07. The lowest BCUT2D eigenvalue weighted by Gasteiger charge is -2.06. The SMILES string of the molecule is Cc1[nH]ncc1CNC(=O)c1cccc(CCN)c1. The predicted molar refractivity (Wildman–Crippen MR) is 73.7 cm³/mol. The van der Waals surface area contributed by atoms with E-state index in [1.807, 2.05) is 25.1 Å². The van der Waals surface area contributed by atoms with Crippen LogP contribution in [0.3, 0.4) is 0 Å². The van der Waals surface area contributed by atoms with Crippen molar-refractivity contribution in [2.45, 2.75) is 19.9 Å². The molecule has 1 aromatic carbocycles. The third kappa shape index (κ3) is 3.42. The van der Waals surface area contributed by atoms with Crippen molar-refractivity contribution in [3.8, 4) is 0 Å². The van der Waals surface area contributed by atoms with Crippen molar-refractivity contribution < 1.29 is 4.79 Å². The minimum atomic E-state index is -0.0838. The van der Waals surface area contributed by atoms with Gasteiger partial charge in [0.25, 0.3) is 5.91 Å². The van der Waals surface area contributed by atoms with E-state index in [4.69, 9.17) is 5.73 Å². The number of rotatable bonds is 5. The largest absolute Gasteiger partial charge is 0.348 e. The van der Waals surface area contributed by atoms with E-state index in [-0.39, 0.29) is 5.91 Å². The molecule has 0 bridgehead atoms. The minimum Gasteiger partial charge on any atom is -0.348 e. The van der Waals surface area contributed by atoms with Crippen LogP contribution in [-0.2, 0) is 13.0 Å². The second-order valence-corrected chi connectivity index (χ2v) is 4.44. The van der Waals surface area contributed by atoms with Gasteiger partial charge < -0.3 is 11.1 Å². The molecule has 0 fully saturated rings. The topological polar surface area (TPSA) is 83.8 Å². The molecule has 1 amide bonds. The molecule has 1 heterocycles. The lowest BCUT2D eigenvalue weighted by molar-refractivity contribution is 0.0951. The van der Waals surface area contributed by atoms with E-state index in [0.717, 1.165) is 23.2 Å². The Morgan fingerprint density at radius 3 is 3.00 bits per heavy atom. The highest BCUT2D eigenvalue weighted by molar-refractivity contribution is 5.94. The Hall–Kier alpha value is -2.14. The van der Waals surface area contributed by atoms with Gasteiger partial charge >= 0.3 is 0 Å². The highest BCUT2D eigenvalue weighted by atomic mass is 16.1. The third-order valence-electron chi connectivity index (χ3n) is 3.00. The number of nitrogens with one attached hydrogen (secondary N) is 2. The molecule has 0 aliphatic heterocycles. The maximum absolute atomic E-state index is 12.0. The lowest BCUT2D eigenvalue weighted by Crippen LogP contribution is -2.23. The number of hydrogen-bond donors (Lipinski definition) is 3. The zero-order valence-corrected chi connectivity index (χ0v) is 10.9. The van der Waals surface area contributed by atoms with Gasteiger partial charge in [0.05, 0.1) is 6.20 Å². The first-order valence-electron chi connectivity index (χ1n) is 6.26. The molecule has 0 aliphatic rings. The molecule has 1 aromatic heterocycles. The molecular weight excluding hydrogens is 240 g/mol. The Kier molecular flexibility index (Phi) is 4.30. The molecule has 100 valence electrons. The first-order chi connectivity index (χ1) is 9.20. The predicted octanol–water partition coefficient (Wildman–Crippen LogP) is 1.15. The average Bonchev–Trinajstić information content (AvgIpc) is 2.82.